The van der Waals surface area contributed by atoms with Crippen LogP contribution in [0.1, 0.15) is 35.3 Å². The first-order valence-corrected chi connectivity index (χ1v) is 9.71. The van der Waals surface area contributed by atoms with Crippen LogP contribution in [0.4, 0.5) is 13.2 Å². The van der Waals surface area contributed by atoms with Crippen molar-refractivity contribution in [2.24, 2.45) is 5.92 Å². The molecule has 3 fully saturated rings. The number of amides is 1. The maximum absolute atomic E-state index is 12.6. The van der Waals surface area contributed by atoms with E-state index in [2.05, 4.69) is 15.2 Å². The number of aromatic nitrogens is 1. The van der Waals surface area contributed by atoms with Crippen LogP contribution in [0.5, 0.6) is 11.5 Å². The molecule has 0 spiro atoms. The van der Waals surface area contributed by atoms with Crippen LogP contribution in [-0.2, 0) is 6.18 Å². The van der Waals surface area contributed by atoms with E-state index in [0.717, 1.165) is 38.3 Å². The lowest BCUT2D eigenvalue weighted by atomic mass is 9.94. The Hall–Kier alpha value is -2.61. The van der Waals surface area contributed by atoms with Crippen LogP contribution in [0, 0.1) is 5.92 Å². The van der Waals surface area contributed by atoms with Crippen LogP contribution in [0.3, 0.4) is 0 Å². The van der Waals surface area contributed by atoms with E-state index < -0.39 is 11.9 Å². The molecule has 2 aromatic rings. The summed E-state index contributed by atoms with van der Waals surface area (Å²) in [6.45, 7) is 3.12. The third-order valence-electron chi connectivity index (χ3n) is 5.52. The number of hydrogen-bond acceptors (Lipinski definition) is 4. The second-order valence-corrected chi connectivity index (χ2v) is 7.65. The number of hydrogen-bond donors (Lipinski definition) is 1. The Morgan fingerprint density at radius 1 is 1.07 bits per heavy atom. The van der Waals surface area contributed by atoms with Gasteiger partial charge in [0, 0.05) is 18.2 Å². The molecule has 0 radical (unpaired) electrons. The maximum Gasteiger partial charge on any atom is 0.433 e. The predicted molar refractivity (Wildman–Crippen MR) is 101 cm³/mol. The molecule has 3 aliphatic rings. The number of pyridine rings is 1. The average Bonchev–Trinajstić information content (AvgIpc) is 3.00. The molecule has 1 aromatic carbocycles. The summed E-state index contributed by atoms with van der Waals surface area (Å²) in [6.07, 6.45) is -0.0284. The highest BCUT2D eigenvalue weighted by Crippen LogP contribution is 2.30. The van der Waals surface area contributed by atoms with Gasteiger partial charge in [-0.05, 0) is 74.7 Å². The highest BCUT2D eigenvalue weighted by atomic mass is 19.4. The zero-order valence-corrected chi connectivity index (χ0v) is 15.8. The number of nitrogens with zero attached hydrogens (tertiary/aromatic N) is 2. The number of carbonyl (C=O) groups excluding carboxylic acids is 1. The maximum atomic E-state index is 12.6. The molecule has 1 unspecified atom stereocenters. The van der Waals surface area contributed by atoms with Crippen LogP contribution < -0.4 is 10.1 Å². The molecule has 3 aliphatic heterocycles. The van der Waals surface area contributed by atoms with Crippen LogP contribution >= 0.6 is 0 Å². The summed E-state index contributed by atoms with van der Waals surface area (Å²) in [5.41, 5.74) is -0.449. The predicted octanol–water partition coefficient (Wildman–Crippen LogP) is 4.11. The third kappa shape index (κ3) is 4.87. The molecule has 154 valence electrons. The van der Waals surface area contributed by atoms with E-state index in [9.17, 15) is 18.0 Å². The quantitative estimate of drug-likeness (QED) is 0.832. The SMILES string of the molecule is O=C(NC1CC2CCN(CC2)C1)c1ccc(Oc2ccc(C(F)(F)F)nc2)cc1. The molecule has 0 saturated carbocycles. The fourth-order valence-electron chi connectivity index (χ4n) is 3.99. The van der Waals surface area contributed by atoms with Crippen molar-refractivity contribution >= 4 is 5.91 Å². The van der Waals surface area contributed by atoms with Gasteiger partial charge >= 0.3 is 6.18 Å². The van der Waals surface area contributed by atoms with E-state index in [1.807, 2.05) is 0 Å². The fraction of sp³-hybridized carbons (Fsp3) is 0.429. The largest absolute Gasteiger partial charge is 0.456 e. The molecule has 0 aliphatic carbocycles. The summed E-state index contributed by atoms with van der Waals surface area (Å²) in [7, 11) is 0. The Balaban J connectivity index is 1.35. The third-order valence-corrected chi connectivity index (χ3v) is 5.52. The van der Waals surface area contributed by atoms with Gasteiger partial charge in [-0.1, -0.05) is 0 Å². The molecule has 1 atom stereocenters. The topological polar surface area (TPSA) is 54.5 Å². The van der Waals surface area contributed by atoms with Gasteiger partial charge in [0.2, 0.25) is 0 Å². The Kier molecular flexibility index (Phi) is 5.45. The number of benzene rings is 1. The first-order chi connectivity index (χ1) is 13.9. The fourth-order valence-corrected chi connectivity index (χ4v) is 3.99. The average molecular weight is 405 g/mol. The van der Waals surface area contributed by atoms with Crippen molar-refractivity contribution < 1.29 is 22.7 Å². The van der Waals surface area contributed by atoms with Crippen molar-refractivity contribution in [1.29, 1.82) is 0 Å². The van der Waals surface area contributed by atoms with Gasteiger partial charge in [-0.2, -0.15) is 13.2 Å². The lowest BCUT2D eigenvalue weighted by molar-refractivity contribution is -0.141. The van der Waals surface area contributed by atoms with Gasteiger partial charge in [-0.25, -0.2) is 4.98 Å². The van der Waals surface area contributed by atoms with Gasteiger partial charge in [0.05, 0.1) is 6.20 Å². The van der Waals surface area contributed by atoms with Gasteiger partial charge in [0.25, 0.3) is 5.91 Å². The van der Waals surface area contributed by atoms with Gasteiger partial charge in [-0.15, -0.1) is 0 Å². The van der Waals surface area contributed by atoms with E-state index in [4.69, 9.17) is 4.74 Å². The molecule has 5 rings (SSSR count). The van der Waals surface area contributed by atoms with E-state index in [1.54, 1.807) is 24.3 Å². The molecule has 5 nitrogen and oxygen atoms in total. The first kappa shape index (κ1) is 19.7. The molecule has 4 heterocycles. The number of halogens is 3. The van der Waals surface area contributed by atoms with Gasteiger partial charge in [0.1, 0.15) is 17.2 Å². The van der Waals surface area contributed by atoms with E-state index >= 15 is 0 Å². The molecule has 8 heteroatoms. The molecule has 1 amide bonds. The van der Waals surface area contributed by atoms with Crippen molar-refractivity contribution in [3.8, 4) is 11.5 Å². The second kappa shape index (κ2) is 8.02. The van der Waals surface area contributed by atoms with E-state index in [-0.39, 0.29) is 17.7 Å². The van der Waals surface area contributed by atoms with Gasteiger partial charge < -0.3 is 15.0 Å². The lowest BCUT2D eigenvalue weighted by Crippen LogP contribution is -2.41. The molecule has 1 aromatic heterocycles. The van der Waals surface area contributed by atoms with Crippen LogP contribution in [0.15, 0.2) is 42.6 Å². The summed E-state index contributed by atoms with van der Waals surface area (Å²) < 4.78 is 43.2. The molecule has 1 N–H and O–H groups in total. The highest BCUT2D eigenvalue weighted by molar-refractivity contribution is 5.94. The van der Waals surface area contributed by atoms with Crippen molar-refractivity contribution in [3.05, 3.63) is 53.9 Å². The Morgan fingerprint density at radius 3 is 2.38 bits per heavy atom. The molecular weight excluding hydrogens is 383 g/mol. The van der Waals surface area contributed by atoms with Crippen molar-refractivity contribution in [3.63, 3.8) is 0 Å². The van der Waals surface area contributed by atoms with E-state index in [1.165, 1.54) is 18.9 Å². The Morgan fingerprint density at radius 2 is 1.76 bits per heavy atom. The molecular formula is C21H22F3N3O2. The smallest absolute Gasteiger partial charge is 0.433 e. The number of alkyl halides is 3. The number of rotatable bonds is 4. The minimum absolute atomic E-state index is 0.125. The lowest BCUT2D eigenvalue weighted by Gasteiger charge is -2.26. The van der Waals surface area contributed by atoms with Crippen molar-refractivity contribution in [1.82, 2.24) is 15.2 Å². The zero-order chi connectivity index (χ0) is 20.4. The zero-order valence-electron chi connectivity index (χ0n) is 15.8. The Labute approximate surface area is 166 Å². The number of piperidine rings is 1. The Bertz CT molecular complexity index is 831. The minimum Gasteiger partial charge on any atom is -0.456 e. The van der Waals surface area contributed by atoms with Gasteiger partial charge in [-0.3, -0.25) is 4.79 Å². The summed E-state index contributed by atoms with van der Waals surface area (Å²) in [6, 6.07) is 8.77. The molecule has 3 saturated heterocycles. The van der Waals surface area contributed by atoms with Crippen molar-refractivity contribution in [2.45, 2.75) is 31.5 Å². The second-order valence-electron chi connectivity index (χ2n) is 7.65. The summed E-state index contributed by atoms with van der Waals surface area (Å²) in [5.74, 6) is 1.17. The standard InChI is InChI=1S/C21H22F3N3O2/c22-21(23,24)19-6-5-18(12-25-19)29-17-3-1-15(2-4-17)20(28)26-16-11-14-7-9-27(13-16)10-8-14/h1-6,12,14,16H,7-11,13H2,(H,26,28). The summed E-state index contributed by atoms with van der Waals surface area (Å²) in [4.78, 5) is 18.3. The van der Waals surface area contributed by atoms with E-state index in [0.29, 0.717) is 17.2 Å². The highest BCUT2D eigenvalue weighted by Gasteiger charge is 2.32. The van der Waals surface area contributed by atoms with Crippen molar-refractivity contribution in [2.75, 3.05) is 19.6 Å². The van der Waals surface area contributed by atoms with Gasteiger partial charge in [0.15, 0.2) is 0 Å². The van der Waals surface area contributed by atoms with Crippen LogP contribution in [0.2, 0.25) is 0 Å². The number of carbonyl (C=O) groups is 1. The first-order valence-electron chi connectivity index (χ1n) is 9.71. The summed E-state index contributed by atoms with van der Waals surface area (Å²) in [5, 5.41) is 3.13. The number of fused-ring (bicyclic) bond motifs is 4. The monoisotopic (exact) mass is 405 g/mol. The van der Waals surface area contributed by atoms with Crippen LogP contribution in [0.25, 0.3) is 0 Å². The normalized spacial score (nSPS) is 24.0. The molecule has 29 heavy (non-hydrogen) atoms. The minimum atomic E-state index is -4.48. The van der Waals surface area contributed by atoms with Crippen LogP contribution in [-0.4, -0.2) is 41.5 Å². The molecule has 2 bridgehead atoms. The number of ether oxygens (including phenoxy) is 1. The summed E-state index contributed by atoms with van der Waals surface area (Å²) >= 11 is 0. The number of nitrogens with one attached hydrogen (secondary N) is 1.